The molecule has 180 valence electrons. The lowest BCUT2D eigenvalue weighted by molar-refractivity contribution is -0.00202. The number of H-pyrrole nitrogens is 1. The van der Waals surface area contributed by atoms with E-state index in [4.69, 9.17) is 0 Å². The van der Waals surface area contributed by atoms with Gasteiger partial charge < -0.3 is 25.4 Å². The van der Waals surface area contributed by atoms with Crippen molar-refractivity contribution in [2.75, 3.05) is 18.4 Å². The van der Waals surface area contributed by atoms with Crippen LogP contribution in [0.15, 0.2) is 54.7 Å². The average Bonchev–Trinajstić information content (AvgIpc) is 3.20. The summed E-state index contributed by atoms with van der Waals surface area (Å²) >= 11 is 0. The zero-order valence-electron chi connectivity index (χ0n) is 19.0. The molecule has 1 fully saturated rings. The molecule has 0 aliphatic carbocycles. The summed E-state index contributed by atoms with van der Waals surface area (Å²) in [5.41, 5.74) is 0.907. The number of anilines is 2. The van der Waals surface area contributed by atoms with E-state index in [1.165, 1.54) is 18.3 Å². The number of hydrogen-bond donors (Lipinski definition) is 4. The van der Waals surface area contributed by atoms with Crippen LogP contribution in [-0.4, -0.2) is 49.7 Å². The largest absolute Gasteiger partial charge is 0.494 e. The first kappa shape index (κ1) is 22.8. The number of aromatic amines is 1. The van der Waals surface area contributed by atoms with Crippen LogP contribution >= 0.6 is 0 Å². The quantitative estimate of drug-likeness (QED) is 0.333. The minimum atomic E-state index is -0.746. The molecule has 2 aromatic carbocycles. The Morgan fingerprint density at radius 1 is 1.11 bits per heavy atom. The van der Waals surface area contributed by atoms with Gasteiger partial charge in [-0.25, -0.2) is 13.8 Å². The number of carbonyl (C=O) groups is 1. The molecule has 4 aromatic rings. The second-order valence-electron chi connectivity index (χ2n) is 9.04. The van der Waals surface area contributed by atoms with Gasteiger partial charge in [-0.3, -0.25) is 4.79 Å². The van der Waals surface area contributed by atoms with Crippen LogP contribution < -0.4 is 5.32 Å². The molecule has 1 aliphatic heterocycles. The summed E-state index contributed by atoms with van der Waals surface area (Å²) in [6, 6.07) is 11.9. The second kappa shape index (κ2) is 8.66. The summed E-state index contributed by atoms with van der Waals surface area (Å²) in [5, 5.41) is 23.9. The molecule has 0 atom stereocenters. The molecule has 4 N–H and O–H groups in total. The van der Waals surface area contributed by atoms with E-state index in [9.17, 15) is 23.8 Å². The van der Waals surface area contributed by atoms with Gasteiger partial charge in [-0.15, -0.1) is 0 Å². The highest BCUT2D eigenvalue weighted by molar-refractivity contribution is 5.99. The molecule has 0 saturated carbocycles. The molecular weight excluding hydrogens is 454 g/mol. The molecular formula is C26H24F2N4O3. The molecule has 7 nitrogen and oxygen atoms in total. The standard InChI is InChI=1S/C26H24F2N4O3/c1-26(35)9-11-32(12-10-26)25(34)15-5-7-16(8-6-15)30-20-13-19(22-17(27)3-2-4-18(22)28)31-21-14-29-24(33)23(20)21/h2-8,13-14,29-30,33,35H,9-12H2,1H3. The summed E-state index contributed by atoms with van der Waals surface area (Å²) in [5.74, 6) is -1.74. The van der Waals surface area contributed by atoms with Gasteiger partial charge in [0.25, 0.3) is 5.91 Å². The van der Waals surface area contributed by atoms with Crippen molar-refractivity contribution in [3.8, 4) is 17.1 Å². The monoisotopic (exact) mass is 478 g/mol. The van der Waals surface area contributed by atoms with E-state index in [1.807, 2.05) is 0 Å². The smallest absolute Gasteiger partial charge is 0.253 e. The first-order valence-corrected chi connectivity index (χ1v) is 11.3. The fourth-order valence-corrected chi connectivity index (χ4v) is 4.32. The topological polar surface area (TPSA) is 101 Å². The fraction of sp³-hybridized carbons (Fsp3) is 0.231. The number of aromatic nitrogens is 2. The van der Waals surface area contributed by atoms with Crippen LogP contribution in [0.1, 0.15) is 30.1 Å². The van der Waals surface area contributed by atoms with Crippen molar-refractivity contribution in [1.29, 1.82) is 0 Å². The lowest BCUT2D eigenvalue weighted by Gasteiger charge is -2.35. The number of amides is 1. The predicted octanol–water partition coefficient (Wildman–Crippen LogP) is 4.94. The van der Waals surface area contributed by atoms with Crippen molar-refractivity contribution in [3.05, 3.63) is 71.9 Å². The number of fused-ring (bicyclic) bond motifs is 1. The molecule has 35 heavy (non-hydrogen) atoms. The number of pyridine rings is 1. The summed E-state index contributed by atoms with van der Waals surface area (Å²) < 4.78 is 28.8. The number of benzene rings is 2. The minimum Gasteiger partial charge on any atom is -0.494 e. The maximum Gasteiger partial charge on any atom is 0.253 e. The van der Waals surface area contributed by atoms with Crippen molar-refractivity contribution in [3.63, 3.8) is 0 Å². The Morgan fingerprint density at radius 3 is 2.43 bits per heavy atom. The lowest BCUT2D eigenvalue weighted by Crippen LogP contribution is -2.45. The number of nitrogens with one attached hydrogen (secondary N) is 2. The van der Waals surface area contributed by atoms with Gasteiger partial charge in [0, 0.05) is 30.5 Å². The lowest BCUT2D eigenvalue weighted by atomic mass is 9.93. The number of rotatable bonds is 4. The number of carbonyl (C=O) groups excluding carboxylic acids is 1. The molecule has 1 amide bonds. The van der Waals surface area contributed by atoms with E-state index in [-0.39, 0.29) is 23.0 Å². The number of hydrogen-bond acceptors (Lipinski definition) is 5. The number of nitrogens with zero attached hydrogens (tertiary/aromatic N) is 2. The third kappa shape index (κ3) is 4.42. The van der Waals surface area contributed by atoms with Gasteiger partial charge in [-0.1, -0.05) is 6.07 Å². The number of aliphatic hydroxyl groups is 1. The Hall–Kier alpha value is -3.98. The van der Waals surface area contributed by atoms with Crippen LogP contribution in [0.2, 0.25) is 0 Å². The van der Waals surface area contributed by atoms with Crippen LogP contribution in [-0.2, 0) is 0 Å². The van der Waals surface area contributed by atoms with Crippen molar-refractivity contribution in [2.45, 2.75) is 25.4 Å². The molecule has 2 aromatic heterocycles. The zero-order valence-corrected chi connectivity index (χ0v) is 19.0. The Morgan fingerprint density at radius 2 is 1.77 bits per heavy atom. The highest BCUT2D eigenvalue weighted by Gasteiger charge is 2.30. The van der Waals surface area contributed by atoms with E-state index in [1.54, 1.807) is 36.1 Å². The van der Waals surface area contributed by atoms with Crippen molar-refractivity contribution < 1.29 is 23.8 Å². The van der Waals surface area contributed by atoms with Gasteiger partial charge in [0.2, 0.25) is 0 Å². The van der Waals surface area contributed by atoms with Crippen molar-refractivity contribution >= 4 is 28.2 Å². The highest BCUT2D eigenvalue weighted by Crippen LogP contribution is 2.36. The summed E-state index contributed by atoms with van der Waals surface area (Å²) in [7, 11) is 0. The van der Waals surface area contributed by atoms with Gasteiger partial charge in [0.1, 0.15) is 11.6 Å². The van der Waals surface area contributed by atoms with Crippen LogP contribution in [0.4, 0.5) is 20.2 Å². The zero-order chi connectivity index (χ0) is 24.7. The van der Waals surface area contributed by atoms with Crippen molar-refractivity contribution in [1.82, 2.24) is 14.9 Å². The van der Waals surface area contributed by atoms with Gasteiger partial charge >= 0.3 is 0 Å². The van der Waals surface area contributed by atoms with E-state index in [0.29, 0.717) is 53.8 Å². The van der Waals surface area contributed by atoms with Crippen LogP contribution in [0.25, 0.3) is 22.2 Å². The third-order valence-corrected chi connectivity index (χ3v) is 6.39. The van der Waals surface area contributed by atoms with E-state index < -0.39 is 17.2 Å². The van der Waals surface area contributed by atoms with Crippen LogP contribution in [0.3, 0.4) is 0 Å². The number of halogens is 2. The Balaban J connectivity index is 1.43. The summed E-state index contributed by atoms with van der Waals surface area (Å²) in [6.45, 7) is 2.76. The van der Waals surface area contributed by atoms with Crippen LogP contribution in [0.5, 0.6) is 5.88 Å². The maximum absolute atomic E-state index is 14.4. The molecule has 9 heteroatoms. The molecule has 5 rings (SSSR count). The van der Waals surface area contributed by atoms with Crippen LogP contribution in [0, 0.1) is 11.6 Å². The molecule has 0 unspecified atom stereocenters. The Bertz CT molecular complexity index is 1390. The maximum atomic E-state index is 14.4. The highest BCUT2D eigenvalue weighted by atomic mass is 19.1. The molecule has 1 aliphatic rings. The first-order valence-electron chi connectivity index (χ1n) is 11.3. The molecule has 1 saturated heterocycles. The van der Waals surface area contributed by atoms with Crippen molar-refractivity contribution in [2.24, 2.45) is 0 Å². The van der Waals surface area contributed by atoms with E-state index >= 15 is 0 Å². The Kier molecular flexibility index (Phi) is 5.64. The third-order valence-electron chi connectivity index (χ3n) is 6.39. The SMILES string of the molecule is CC1(O)CCN(C(=O)c2ccc(Nc3cc(-c4c(F)cccc4F)nc4c[nH]c(O)c34)cc2)CC1. The van der Waals surface area contributed by atoms with Gasteiger partial charge in [0.15, 0.2) is 5.88 Å². The van der Waals surface area contributed by atoms with Gasteiger partial charge in [-0.05, 0) is 62.2 Å². The van der Waals surface area contributed by atoms with E-state index in [2.05, 4.69) is 15.3 Å². The van der Waals surface area contributed by atoms with Gasteiger partial charge in [-0.2, -0.15) is 0 Å². The van der Waals surface area contributed by atoms with E-state index in [0.717, 1.165) is 12.1 Å². The normalized spacial score (nSPS) is 15.4. The molecule has 0 spiro atoms. The number of piperidine rings is 1. The predicted molar refractivity (Wildman–Crippen MR) is 129 cm³/mol. The molecule has 0 bridgehead atoms. The average molecular weight is 478 g/mol. The molecule has 3 heterocycles. The fourth-order valence-electron chi connectivity index (χ4n) is 4.32. The molecule has 0 radical (unpaired) electrons. The minimum absolute atomic E-state index is 0.0716. The number of aromatic hydroxyl groups is 1. The first-order chi connectivity index (χ1) is 16.7. The Labute approximate surface area is 200 Å². The number of likely N-dealkylation sites (tertiary alicyclic amines) is 1. The summed E-state index contributed by atoms with van der Waals surface area (Å²) in [6.07, 6.45) is 2.51. The van der Waals surface area contributed by atoms with Gasteiger partial charge in [0.05, 0.1) is 33.4 Å². The summed E-state index contributed by atoms with van der Waals surface area (Å²) in [4.78, 5) is 21.5. The second-order valence-corrected chi connectivity index (χ2v) is 9.04.